The molecule has 1 aromatic carbocycles. The fourth-order valence-corrected chi connectivity index (χ4v) is 5.19. The van der Waals surface area contributed by atoms with Crippen molar-refractivity contribution in [1.82, 2.24) is 4.72 Å². The molecular weight excluding hydrogens is 356 g/mol. The molecule has 1 aliphatic carbocycles. The molecule has 0 unspecified atom stereocenters. The minimum absolute atomic E-state index is 0.176. The normalized spacial score (nSPS) is 14.6. The predicted octanol–water partition coefficient (Wildman–Crippen LogP) is 3.49. The van der Waals surface area contributed by atoms with E-state index in [9.17, 15) is 13.2 Å². The Morgan fingerprint density at radius 1 is 1.12 bits per heavy atom. The van der Waals surface area contributed by atoms with Gasteiger partial charge in [0.15, 0.2) is 0 Å². The molecule has 1 aromatic heterocycles. The highest BCUT2D eigenvalue weighted by Crippen LogP contribution is 2.29. The highest BCUT2D eigenvalue weighted by Gasteiger charge is 2.19. The van der Waals surface area contributed by atoms with Crippen LogP contribution in [0.15, 0.2) is 29.2 Å². The topological polar surface area (TPSA) is 75.3 Å². The van der Waals surface area contributed by atoms with Crippen LogP contribution in [0.1, 0.15) is 44.9 Å². The maximum Gasteiger partial charge on any atom is 0.265 e. The SMILES string of the molecule is CNS(=O)(=O)c1cc(NC(=O)c2cc3c(s2)CCCCC3)ccc1C. The number of anilines is 1. The molecule has 0 saturated carbocycles. The van der Waals surface area contributed by atoms with Crippen molar-refractivity contribution in [3.63, 3.8) is 0 Å². The Morgan fingerprint density at radius 3 is 2.64 bits per heavy atom. The number of carbonyl (C=O) groups excluding carboxylic acids is 1. The first kappa shape index (κ1) is 18.1. The molecule has 1 amide bonds. The molecule has 0 fully saturated rings. The van der Waals surface area contributed by atoms with E-state index in [0.717, 1.165) is 12.8 Å². The molecule has 134 valence electrons. The van der Waals surface area contributed by atoms with Gasteiger partial charge in [0, 0.05) is 10.6 Å². The van der Waals surface area contributed by atoms with Crippen LogP contribution in [-0.2, 0) is 22.9 Å². The van der Waals surface area contributed by atoms with Gasteiger partial charge in [-0.05, 0) is 69.0 Å². The summed E-state index contributed by atoms with van der Waals surface area (Å²) in [6.45, 7) is 1.73. The van der Waals surface area contributed by atoms with Gasteiger partial charge in [0.1, 0.15) is 0 Å². The second-order valence-corrected chi connectivity index (χ2v) is 9.25. The highest BCUT2D eigenvalue weighted by molar-refractivity contribution is 7.89. The lowest BCUT2D eigenvalue weighted by Crippen LogP contribution is -2.20. The second kappa shape index (κ2) is 7.27. The van der Waals surface area contributed by atoms with E-state index in [4.69, 9.17) is 0 Å². The molecule has 5 nitrogen and oxygen atoms in total. The first-order valence-electron chi connectivity index (χ1n) is 8.38. The average Bonchev–Trinajstić information content (AvgIpc) is 2.87. The van der Waals surface area contributed by atoms with Crippen LogP contribution >= 0.6 is 11.3 Å². The standard InChI is InChI=1S/C18H22N2O3S2/c1-12-8-9-14(11-17(12)25(22,23)19-2)20-18(21)16-10-13-6-4-3-5-7-15(13)24-16/h8-11,19H,3-7H2,1-2H3,(H,20,21). The van der Waals surface area contributed by atoms with Gasteiger partial charge in [-0.2, -0.15) is 0 Å². The molecule has 0 radical (unpaired) electrons. The van der Waals surface area contributed by atoms with Gasteiger partial charge in [-0.15, -0.1) is 11.3 Å². The number of aryl methyl sites for hydroxylation is 3. The van der Waals surface area contributed by atoms with Gasteiger partial charge in [-0.25, -0.2) is 13.1 Å². The third kappa shape index (κ3) is 3.94. The summed E-state index contributed by atoms with van der Waals surface area (Å²) in [6, 6.07) is 6.90. The number of fused-ring (bicyclic) bond motifs is 1. The molecule has 7 heteroatoms. The van der Waals surface area contributed by atoms with Crippen LogP contribution in [0.3, 0.4) is 0 Å². The van der Waals surface area contributed by atoms with Crippen LogP contribution in [0.4, 0.5) is 5.69 Å². The van der Waals surface area contributed by atoms with Gasteiger partial charge in [0.05, 0.1) is 9.77 Å². The number of carbonyl (C=O) groups is 1. The van der Waals surface area contributed by atoms with Gasteiger partial charge >= 0.3 is 0 Å². The summed E-state index contributed by atoms with van der Waals surface area (Å²) in [7, 11) is -2.18. The molecule has 0 atom stereocenters. The summed E-state index contributed by atoms with van der Waals surface area (Å²) in [4.78, 5) is 14.7. The first-order chi connectivity index (χ1) is 11.9. The lowest BCUT2D eigenvalue weighted by molar-refractivity contribution is 0.103. The monoisotopic (exact) mass is 378 g/mol. The smallest absolute Gasteiger partial charge is 0.265 e. The second-order valence-electron chi connectivity index (χ2n) is 6.26. The summed E-state index contributed by atoms with van der Waals surface area (Å²) >= 11 is 1.55. The zero-order valence-corrected chi connectivity index (χ0v) is 16.0. The number of sulfonamides is 1. The third-order valence-corrected chi connectivity index (χ3v) is 7.27. The zero-order valence-electron chi connectivity index (χ0n) is 14.4. The van der Waals surface area contributed by atoms with Crippen molar-refractivity contribution in [2.75, 3.05) is 12.4 Å². The number of hydrogen-bond donors (Lipinski definition) is 2. The van der Waals surface area contributed by atoms with E-state index in [1.54, 1.807) is 30.4 Å². The number of nitrogens with one attached hydrogen (secondary N) is 2. The minimum atomic E-state index is -3.56. The molecule has 0 bridgehead atoms. The molecule has 0 spiro atoms. The van der Waals surface area contributed by atoms with Gasteiger partial charge in [-0.1, -0.05) is 12.5 Å². The molecule has 1 aliphatic rings. The van der Waals surface area contributed by atoms with E-state index in [0.29, 0.717) is 16.1 Å². The number of hydrogen-bond acceptors (Lipinski definition) is 4. The summed E-state index contributed by atoms with van der Waals surface area (Å²) < 4.78 is 26.5. The molecule has 2 N–H and O–H groups in total. The maximum absolute atomic E-state index is 12.6. The fraction of sp³-hybridized carbons (Fsp3) is 0.389. The Morgan fingerprint density at radius 2 is 1.88 bits per heavy atom. The number of benzene rings is 1. The van der Waals surface area contributed by atoms with Crippen LogP contribution in [0.5, 0.6) is 0 Å². The minimum Gasteiger partial charge on any atom is -0.321 e. The molecule has 0 saturated heterocycles. The third-order valence-electron chi connectivity index (χ3n) is 4.47. The zero-order chi connectivity index (χ0) is 18.0. The highest BCUT2D eigenvalue weighted by atomic mass is 32.2. The van der Waals surface area contributed by atoms with Gasteiger partial charge < -0.3 is 5.32 Å². The average molecular weight is 379 g/mol. The summed E-state index contributed by atoms with van der Waals surface area (Å²) in [6.07, 6.45) is 5.68. The van der Waals surface area contributed by atoms with E-state index in [1.165, 1.54) is 42.8 Å². The van der Waals surface area contributed by atoms with Crippen molar-refractivity contribution in [1.29, 1.82) is 0 Å². The fourth-order valence-electron chi connectivity index (χ4n) is 3.05. The van der Waals surface area contributed by atoms with Crippen molar-refractivity contribution in [2.45, 2.75) is 43.9 Å². The molecule has 25 heavy (non-hydrogen) atoms. The number of thiophene rings is 1. The van der Waals surface area contributed by atoms with Crippen molar-refractivity contribution >= 4 is 33.0 Å². The van der Waals surface area contributed by atoms with Crippen LogP contribution in [0.2, 0.25) is 0 Å². The van der Waals surface area contributed by atoms with Gasteiger partial charge in [0.2, 0.25) is 10.0 Å². The summed E-state index contributed by atoms with van der Waals surface area (Å²) in [5.41, 5.74) is 2.40. The molecule has 1 heterocycles. The Bertz CT molecular complexity index is 878. The lowest BCUT2D eigenvalue weighted by Gasteiger charge is -2.10. The Hall–Kier alpha value is -1.70. The maximum atomic E-state index is 12.6. The van der Waals surface area contributed by atoms with Crippen LogP contribution in [0, 0.1) is 6.92 Å². The summed E-state index contributed by atoms with van der Waals surface area (Å²) in [5.74, 6) is -0.185. The van der Waals surface area contributed by atoms with E-state index in [1.807, 2.05) is 6.07 Å². The number of amides is 1. The van der Waals surface area contributed by atoms with Crippen LogP contribution in [0.25, 0.3) is 0 Å². The van der Waals surface area contributed by atoms with Crippen molar-refractivity contribution in [2.24, 2.45) is 0 Å². The number of rotatable bonds is 4. The largest absolute Gasteiger partial charge is 0.321 e. The van der Waals surface area contributed by atoms with E-state index < -0.39 is 10.0 Å². The molecular formula is C18H22N2O3S2. The van der Waals surface area contributed by atoms with Crippen LogP contribution < -0.4 is 10.0 Å². The quantitative estimate of drug-likeness (QED) is 0.800. The van der Waals surface area contributed by atoms with Gasteiger partial charge in [-0.3, -0.25) is 4.79 Å². The predicted molar refractivity (Wildman–Crippen MR) is 101 cm³/mol. The van der Waals surface area contributed by atoms with Gasteiger partial charge in [0.25, 0.3) is 5.91 Å². The van der Waals surface area contributed by atoms with Crippen LogP contribution in [-0.4, -0.2) is 21.4 Å². The van der Waals surface area contributed by atoms with Crippen molar-refractivity contribution < 1.29 is 13.2 Å². The van der Waals surface area contributed by atoms with Crippen molar-refractivity contribution in [3.8, 4) is 0 Å². The Kier molecular flexibility index (Phi) is 5.27. The molecule has 0 aliphatic heterocycles. The van der Waals surface area contributed by atoms with E-state index in [-0.39, 0.29) is 10.8 Å². The first-order valence-corrected chi connectivity index (χ1v) is 10.7. The Balaban J connectivity index is 1.83. The van der Waals surface area contributed by atoms with E-state index >= 15 is 0 Å². The lowest BCUT2D eigenvalue weighted by atomic mass is 10.1. The molecule has 2 aromatic rings. The summed E-state index contributed by atoms with van der Waals surface area (Å²) in [5, 5.41) is 2.83. The Labute approximate surface area is 152 Å². The molecule has 3 rings (SSSR count). The van der Waals surface area contributed by atoms with E-state index in [2.05, 4.69) is 10.0 Å². The van der Waals surface area contributed by atoms with Crippen molar-refractivity contribution in [3.05, 3.63) is 45.1 Å².